The lowest BCUT2D eigenvalue weighted by Crippen LogP contribution is -2.19. The van der Waals surface area contributed by atoms with Crippen LogP contribution in [0.4, 0.5) is 0 Å². The molecule has 3 nitrogen and oxygen atoms in total. The van der Waals surface area contributed by atoms with E-state index in [0.29, 0.717) is 17.4 Å². The van der Waals surface area contributed by atoms with E-state index in [1.165, 1.54) is 0 Å². The number of ether oxygens (including phenoxy) is 1. The summed E-state index contributed by atoms with van der Waals surface area (Å²) in [5.41, 5.74) is 0.952. The highest BCUT2D eigenvalue weighted by Crippen LogP contribution is 2.27. The number of aliphatic hydroxyl groups is 1. The van der Waals surface area contributed by atoms with Gasteiger partial charge in [0.25, 0.3) is 0 Å². The summed E-state index contributed by atoms with van der Waals surface area (Å²) in [7, 11) is 1.80. The summed E-state index contributed by atoms with van der Waals surface area (Å²) in [5, 5.41) is 12.7. The quantitative estimate of drug-likeness (QED) is 0.812. The van der Waals surface area contributed by atoms with Crippen molar-refractivity contribution < 1.29 is 9.84 Å². The first-order chi connectivity index (χ1) is 7.22. The lowest BCUT2D eigenvalue weighted by Gasteiger charge is -2.15. The Morgan fingerprint density at radius 2 is 2.27 bits per heavy atom. The molecule has 1 aromatic rings. The molecule has 0 fully saturated rings. The van der Waals surface area contributed by atoms with Gasteiger partial charge in [0, 0.05) is 0 Å². The molecule has 1 aromatic carbocycles. The molecule has 0 spiro atoms. The molecule has 2 N–H and O–H groups in total. The van der Waals surface area contributed by atoms with Crippen molar-refractivity contribution in [3.05, 3.63) is 28.8 Å². The highest BCUT2D eigenvalue weighted by atomic mass is 35.5. The number of hydrogen-bond donors (Lipinski definition) is 2. The van der Waals surface area contributed by atoms with Gasteiger partial charge in [-0.3, -0.25) is 0 Å². The van der Waals surface area contributed by atoms with Gasteiger partial charge < -0.3 is 15.2 Å². The molecule has 0 amide bonds. The van der Waals surface area contributed by atoms with Crippen LogP contribution in [0.5, 0.6) is 5.75 Å². The van der Waals surface area contributed by atoms with E-state index in [2.05, 4.69) is 5.32 Å². The van der Waals surface area contributed by atoms with Gasteiger partial charge in [-0.2, -0.15) is 0 Å². The molecule has 0 aliphatic carbocycles. The molecule has 0 radical (unpaired) electrons. The number of rotatable bonds is 5. The van der Waals surface area contributed by atoms with Gasteiger partial charge in [0.2, 0.25) is 0 Å². The average molecular weight is 230 g/mol. The molecule has 0 saturated carbocycles. The summed E-state index contributed by atoms with van der Waals surface area (Å²) in [4.78, 5) is 0. The Kier molecular flexibility index (Phi) is 4.88. The van der Waals surface area contributed by atoms with Gasteiger partial charge in [0.05, 0.1) is 24.3 Å². The van der Waals surface area contributed by atoms with Gasteiger partial charge in [-0.25, -0.2) is 0 Å². The average Bonchev–Trinajstić information content (AvgIpc) is 2.24. The van der Waals surface area contributed by atoms with Crippen LogP contribution in [0.3, 0.4) is 0 Å². The third-order valence-electron chi connectivity index (χ3n) is 2.19. The zero-order chi connectivity index (χ0) is 11.3. The third-order valence-corrected chi connectivity index (χ3v) is 2.48. The maximum Gasteiger partial charge on any atom is 0.137 e. The molecule has 4 heteroatoms. The van der Waals surface area contributed by atoms with Gasteiger partial charge in [-0.15, -0.1) is 0 Å². The molecule has 0 aliphatic heterocycles. The van der Waals surface area contributed by atoms with Gasteiger partial charge in [-0.1, -0.05) is 17.7 Å². The van der Waals surface area contributed by atoms with Gasteiger partial charge in [0.15, 0.2) is 0 Å². The maximum atomic E-state index is 9.11. The number of hydrogen-bond acceptors (Lipinski definition) is 3. The molecule has 0 aliphatic rings. The largest absolute Gasteiger partial charge is 0.492 e. The Morgan fingerprint density at radius 3 is 2.73 bits per heavy atom. The van der Waals surface area contributed by atoms with Crippen LogP contribution in [0, 0.1) is 0 Å². The van der Waals surface area contributed by atoms with Crippen molar-refractivity contribution in [2.75, 3.05) is 20.3 Å². The van der Waals surface area contributed by atoms with Crippen LogP contribution in [0.2, 0.25) is 5.02 Å². The first-order valence-electron chi connectivity index (χ1n) is 4.93. The third kappa shape index (κ3) is 3.09. The summed E-state index contributed by atoms with van der Waals surface area (Å²) in [6.45, 7) is 2.55. The molecular formula is C11H16ClNO2. The fourth-order valence-electron chi connectivity index (χ4n) is 1.37. The van der Waals surface area contributed by atoms with Crippen molar-refractivity contribution in [2.24, 2.45) is 0 Å². The number of benzene rings is 1. The minimum atomic E-state index is -0.0850. The molecule has 1 unspecified atom stereocenters. The van der Waals surface area contributed by atoms with Crippen molar-refractivity contribution in [3.8, 4) is 5.75 Å². The van der Waals surface area contributed by atoms with Gasteiger partial charge in [-0.05, 0) is 31.7 Å². The van der Waals surface area contributed by atoms with Crippen LogP contribution >= 0.6 is 11.6 Å². The van der Waals surface area contributed by atoms with Crippen molar-refractivity contribution in [3.63, 3.8) is 0 Å². The zero-order valence-corrected chi connectivity index (χ0v) is 9.71. The lowest BCUT2D eigenvalue weighted by molar-refractivity contribution is 0.251. The van der Waals surface area contributed by atoms with Crippen LogP contribution in [0.25, 0.3) is 0 Å². The number of halogens is 1. The molecule has 15 heavy (non-hydrogen) atoms. The smallest absolute Gasteiger partial charge is 0.137 e. The van der Waals surface area contributed by atoms with Crippen molar-refractivity contribution in [1.29, 1.82) is 0 Å². The molecule has 0 heterocycles. The number of nitrogens with one attached hydrogen (secondary N) is 1. The Hall–Kier alpha value is -0.770. The van der Waals surface area contributed by atoms with Crippen LogP contribution in [-0.4, -0.2) is 25.4 Å². The second kappa shape index (κ2) is 5.95. The topological polar surface area (TPSA) is 41.5 Å². The fraction of sp³-hybridized carbons (Fsp3) is 0.455. The van der Waals surface area contributed by atoms with E-state index in [-0.39, 0.29) is 12.6 Å². The van der Waals surface area contributed by atoms with E-state index < -0.39 is 0 Å². The molecular weight excluding hydrogens is 214 g/mol. The van der Waals surface area contributed by atoms with E-state index >= 15 is 0 Å². The zero-order valence-electron chi connectivity index (χ0n) is 8.96. The first-order valence-corrected chi connectivity index (χ1v) is 5.31. The molecule has 84 valence electrons. The monoisotopic (exact) mass is 229 g/mol. The maximum absolute atomic E-state index is 9.11. The summed E-state index contributed by atoms with van der Waals surface area (Å²) >= 11 is 6.03. The second-order valence-electron chi connectivity index (χ2n) is 3.15. The highest BCUT2D eigenvalue weighted by molar-refractivity contribution is 6.32. The predicted octanol–water partition coefficient (Wildman–Crippen LogP) is 1.99. The summed E-state index contributed by atoms with van der Waals surface area (Å²) in [5.74, 6) is 0.677. The van der Waals surface area contributed by atoms with Gasteiger partial charge in [0.1, 0.15) is 5.75 Å². The number of likely N-dealkylation sites (N-methyl/N-ethyl adjacent to an activating group) is 1. The predicted molar refractivity (Wildman–Crippen MR) is 61.5 cm³/mol. The van der Waals surface area contributed by atoms with Crippen molar-refractivity contribution in [1.82, 2.24) is 5.32 Å². The van der Waals surface area contributed by atoms with E-state index in [1.54, 1.807) is 7.05 Å². The molecule has 0 saturated heterocycles. The van der Waals surface area contributed by atoms with Crippen molar-refractivity contribution in [2.45, 2.75) is 13.0 Å². The minimum Gasteiger partial charge on any atom is -0.492 e. The van der Waals surface area contributed by atoms with E-state index in [0.717, 1.165) is 5.56 Å². The second-order valence-corrected chi connectivity index (χ2v) is 3.55. The summed E-state index contributed by atoms with van der Waals surface area (Å²) < 4.78 is 5.32. The van der Waals surface area contributed by atoms with Crippen LogP contribution in [0.1, 0.15) is 18.5 Å². The van der Waals surface area contributed by atoms with Crippen LogP contribution < -0.4 is 10.1 Å². The van der Waals surface area contributed by atoms with E-state index in [1.807, 2.05) is 25.1 Å². The number of aliphatic hydroxyl groups excluding tert-OH is 1. The first kappa shape index (κ1) is 12.3. The normalized spacial score (nSPS) is 12.5. The SMILES string of the molecule is CCOc1ccc(C(CO)NC)cc1Cl. The molecule has 0 aromatic heterocycles. The van der Waals surface area contributed by atoms with Gasteiger partial charge >= 0.3 is 0 Å². The Bertz CT molecular complexity index is 313. The minimum absolute atomic E-state index is 0.0425. The highest BCUT2D eigenvalue weighted by Gasteiger charge is 2.10. The fourth-order valence-corrected chi connectivity index (χ4v) is 1.61. The Morgan fingerprint density at radius 1 is 1.53 bits per heavy atom. The standard InChI is InChI=1S/C11H16ClNO2/c1-3-15-11-5-4-8(6-9(11)12)10(7-14)13-2/h4-6,10,13-14H,3,7H2,1-2H3. The summed E-state index contributed by atoms with van der Waals surface area (Å²) in [6.07, 6.45) is 0. The van der Waals surface area contributed by atoms with Crippen LogP contribution in [0.15, 0.2) is 18.2 Å². The van der Waals surface area contributed by atoms with Crippen LogP contribution in [-0.2, 0) is 0 Å². The lowest BCUT2D eigenvalue weighted by atomic mass is 10.1. The molecule has 1 atom stereocenters. The Balaban J connectivity index is 2.89. The molecule has 1 rings (SSSR count). The van der Waals surface area contributed by atoms with E-state index in [9.17, 15) is 0 Å². The van der Waals surface area contributed by atoms with Crippen molar-refractivity contribution >= 4 is 11.6 Å². The Labute approximate surface area is 95.0 Å². The summed E-state index contributed by atoms with van der Waals surface area (Å²) in [6, 6.07) is 5.44. The van der Waals surface area contributed by atoms with E-state index in [4.69, 9.17) is 21.4 Å². The molecule has 0 bridgehead atoms.